The van der Waals surface area contributed by atoms with Crippen molar-refractivity contribution in [3.63, 3.8) is 0 Å². The van der Waals surface area contributed by atoms with E-state index in [-0.39, 0.29) is 17.5 Å². The van der Waals surface area contributed by atoms with Gasteiger partial charge in [0.2, 0.25) is 0 Å². The summed E-state index contributed by atoms with van der Waals surface area (Å²) in [6, 6.07) is 7.44. The van der Waals surface area contributed by atoms with Gasteiger partial charge in [0.25, 0.3) is 0 Å². The molecule has 4 heteroatoms. The summed E-state index contributed by atoms with van der Waals surface area (Å²) in [7, 11) is 1.58. The number of methoxy groups -OCH3 is 1. The minimum atomic E-state index is 0.188. The molecule has 2 aromatic rings. The van der Waals surface area contributed by atoms with Crippen LogP contribution in [0.2, 0.25) is 0 Å². The lowest BCUT2D eigenvalue weighted by atomic mass is 9.77. The highest BCUT2D eigenvalue weighted by Crippen LogP contribution is 2.50. The maximum atomic E-state index is 10.3. The molecular formula is C17H17NO3. The van der Waals surface area contributed by atoms with Gasteiger partial charge in [-0.3, -0.25) is 0 Å². The Hall–Kier alpha value is -2.20. The van der Waals surface area contributed by atoms with Gasteiger partial charge in [-0.15, -0.1) is 0 Å². The first-order chi connectivity index (χ1) is 10.2. The van der Waals surface area contributed by atoms with E-state index in [1.165, 1.54) is 11.1 Å². The standard InChI is InChI=1S/C17H17NO3/c1-21-17-14(20)8-9-4-5-18-13-7-10-6-11(19)2-3-12(10)16(17)15(9)13/h2-3,6,8,13,18-20H,4-5,7H2,1H3. The van der Waals surface area contributed by atoms with E-state index in [0.29, 0.717) is 5.75 Å². The van der Waals surface area contributed by atoms with E-state index < -0.39 is 0 Å². The first-order valence-corrected chi connectivity index (χ1v) is 7.17. The largest absolute Gasteiger partial charge is 0.508 e. The lowest BCUT2D eigenvalue weighted by molar-refractivity contribution is 0.371. The van der Waals surface area contributed by atoms with Gasteiger partial charge in [0.1, 0.15) is 5.75 Å². The van der Waals surface area contributed by atoms with Crippen molar-refractivity contribution in [2.75, 3.05) is 13.7 Å². The van der Waals surface area contributed by atoms with Gasteiger partial charge in [0.05, 0.1) is 7.11 Å². The number of aromatic hydroxyl groups is 2. The molecule has 1 aliphatic carbocycles. The fourth-order valence-corrected chi connectivity index (χ4v) is 3.67. The fourth-order valence-electron chi connectivity index (χ4n) is 3.67. The topological polar surface area (TPSA) is 61.7 Å². The van der Waals surface area contributed by atoms with Crippen LogP contribution in [0, 0.1) is 0 Å². The van der Waals surface area contributed by atoms with Gasteiger partial charge >= 0.3 is 0 Å². The second-order valence-electron chi connectivity index (χ2n) is 5.68. The molecule has 0 aromatic heterocycles. The number of hydrogen-bond acceptors (Lipinski definition) is 4. The monoisotopic (exact) mass is 283 g/mol. The van der Waals surface area contributed by atoms with Crippen LogP contribution in [0.5, 0.6) is 17.2 Å². The molecule has 0 radical (unpaired) electrons. The summed E-state index contributed by atoms with van der Waals surface area (Å²) in [5.74, 6) is 0.981. The molecule has 0 amide bonds. The highest BCUT2D eigenvalue weighted by molar-refractivity contribution is 5.83. The minimum absolute atomic E-state index is 0.188. The zero-order chi connectivity index (χ0) is 14.6. The van der Waals surface area contributed by atoms with Crippen LogP contribution in [-0.4, -0.2) is 23.9 Å². The molecular weight excluding hydrogens is 266 g/mol. The zero-order valence-corrected chi connectivity index (χ0v) is 11.8. The van der Waals surface area contributed by atoms with Gasteiger partial charge in [-0.25, -0.2) is 0 Å². The molecule has 4 nitrogen and oxygen atoms in total. The van der Waals surface area contributed by atoms with Gasteiger partial charge in [0, 0.05) is 11.6 Å². The molecule has 0 saturated heterocycles. The van der Waals surface area contributed by atoms with Crippen molar-refractivity contribution < 1.29 is 14.9 Å². The van der Waals surface area contributed by atoms with Crippen molar-refractivity contribution >= 4 is 0 Å². The summed E-state index contributed by atoms with van der Waals surface area (Å²) in [5, 5.41) is 23.5. The Kier molecular flexibility index (Phi) is 2.62. The molecule has 0 fully saturated rings. The molecule has 2 aromatic carbocycles. The maximum Gasteiger partial charge on any atom is 0.168 e. The van der Waals surface area contributed by atoms with E-state index >= 15 is 0 Å². The van der Waals surface area contributed by atoms with Crippen LogP contribution in [0.4, 0.5) is 0 Å². The second kappa shape index (κ2) is 4.40. The molecule has 0 spiro atoms. The van der Waals surface area contributed by atoms with E-state index in [9.17, 15) is 10.2 Å². The molecule has 0 saturated carbocycles. The van der Waals surface area contributed by atoms with Crippen molar-refractivity contribution in [2.24, 2.45) is 0 Å². The van der Waals surface area contributed by atoms with E-state index in [0.717, 1.165) is 36.1 Å². The molecule has 21 heavy (non-hydrogen) atoms. The quantitative estimate of drug-likeness (QED) is 0.752. The Balaban J connectivity index is 2.08. The van der Waals surface area contributed by atoms with Gasteiger partial charge in [-0.05, 0) is 59.8 Å². The van der Waals surface area contributed by atoms with E-state index in [4.69, 9.17) is 4.74 Å². The smallest absolute Gasteiger partial charge is 0.168 e. The van der Waals surface area contributed by atoms with Gasteiger partial charge < -0.3 is 20.3 Å². The van der Waals surface area contributed by atoms with Crippen LogP contribution >= 0.6 is 0 Å². The summed E-state index contributed by atoms with van der Waals surface area (Å²) in [4.78, 5) is 0. The van der Waals surface area contributed by atoms with Crippen molar-refractivity contribution in [2.45, 2.75) is 18.9 Å². The molecule has 3 N–H and O–H groups in total. The predicted molar refractivity (Wildman–Crippen MR) is 79.9 cm³/mol. The average molecular weight is 283 g/mol. The summed E-state index contributed by atoms with van der Waals surface area (Å²) in [5.41, 5.74) is 5.50. The highest BCUT2D eigenvalue weighted by Gasteiger charge is 2.33. The molecule has 1 heterocycles. The average Bonchev–Trinajstić information content (AvgIpc) is 2.47. The number of hydrogen-bond donors (Lipinski definition) is 3. The zero-order valence-electron chi connectivity index (χ0n) is 11.8. The summed E-state index contributed by atoms with van der Waals surface area (Å²) in [6.07, 6.45) is 1.75. The van der Waals surface area contributed by atoms with Crippen LogP contribution in [0.3, 0.4) is 0 Å². The Labute approximate surface area is 123 Å². The van der Waals surface area contributed by atoms with Crippen molar-refractivity contribution in [1.29, 1.82) is 0 Å². The third-order valence-corrected chi connectivity index (χ3v) is 4.51. The molecule has 2 aliphatic rings. The normalized spacial score (nSPS) is 18.8. The number of fused-ring (bicyclic) bond motifs is 2. The van der Waals surface area contributed by atoms with Gasteiger partial charge in [0.15, 0.2) is 11.5 Å². The summed E-state index contributed by atoms with van der Waals surface area (Å²) < 4.78 is 5.46. The lowest BCUT2D eigenvalue weighted by Gasteiger charge is -2.35. The number of benzene rings is 2. The number of nitrogens with one attached hydrogen (secondary N) is 1. The van der Waals surface area contributed by atoms with Crippen molar-refractivity contribution in [3.8, 4) is 28.4 Å². The molecule has 4 rings (SSSR count). The Morgan fingerprint density at radius 1 is 1.19 bits per heavy atom. The summed E-state index contributed by atoms with van der Waals surface area (Å²) in [6.45, 7) is 0.900. The van der Waals surface area contributed by atoms with Crippen LogP contribution in [0.25, 0.3) is 11.1 Å². The van der Waals surface area contributed by atoms with E-state index in [1.807, 2.05) is 12.1 Å². The molecule has 1 aliphatic heterocycles. The van der Waals surface area contributed by atoms with Crippen LogP contribution in [0.15, 0.2) is 24.3 Å². The first-order valence-electron chi connectivity index (χ1n) is 7.17. The first kappa shape index (κ1) is 12.5. The van der Waals surface area contributed by atoms with Gasteiger partial charge in [-0.1, -0.05) is 6.07 Å². The Morgan fingerprint density at radius 2 is 2.05 bits per heavy atom. The molecule has 0 bridgehead atoms. The van der Waals surface area contributed by atoms with Crippen LogP contribution in [0.1, 0.15) is 22.7 Å². The Morgan fingerprint density at radius 3 is 2.86 bits per heavy atom. The van der Waals surface area contributed by atoms with Crippen molar-refractivity contribution in [3.05, 3.63) is 41.0 Å². The van der Waals surface area contributed by atoms with Crippen LogP contribution < -0.4 is 10.1 Å². The summed E-state index contributed by atoms with van der Waals surface area (Å²) >= 11 is 0. The number of ether oxygens (including phenoxy) is 1. The highest BCUT2D eigenvalue weighted by atomic mass is 16.5. The number of rotatable bonds is 1. The van der Waals surface area contributed by atoms with Gasteiger partial charge in [-0.2, -0.15) is 0 Å². The van der Waals surface area contributed by atoms with E-state index in [1.54, 1.807) is 19.2 Å². The Bertz CT molecular complexity index is 739. The molecule has 108 valence electrons. The van der Waals surface area contributed by atoms with Crippen LogP contribution in [-0.2, 0) is 12.8 Å². The lowest BCUT2D eigenvalue weighted by Crippen LogP contribution is -2.33. The van der Waals surface area contributed by atoms with Crippen molar-refractivity contribution in [1.82, 2.24) is 5.32 Å². The maximum absolute atomic E-state index is 10.3. The molecule has 1 unspecified atom stereocenters. The molecule has 1 atom stereocenters. The fraction of sp³-hybridized carbons (Fsp3) is 0.294. The van der Waals surface area contributed by atoms with E-state index in [2.05, 4.69) is 5.32 Å². The number of phenolic OH excluding ortho intramolecular Hbond substituents is 2. The predicted octanol–water partition coefficient (Wildman–Crippen LogP) is 2.52. The minimum Gasteiger partial charge on any atom is -0.508 e. The SMILES string of the molecule is COc1c(O)cc2c3c1-c1ccc(O)cc1CC3NCC2. The number of phenols is 2. The third-order valence-electron chi connectivity index (χ3n) is 4.51. The third kappa shape index (κ3) is 1.72. The second-order valence-corrected chi connectivity index (χ2v) is 5.68.